The number of anilines is 1. The molecule has 3 rings (SSSR count). The number of aryl methyl sites for hydroxylation is 1. The molecule has 1 aliphatic rings. The first-order valence-electron chi connectivity index (χ1n) is 7.99. The summed E-state index contributed by atoms with van der Waals surface area (Å²) in [6.45, 7) is 2.51. The van der Waals surface area contributed by atoms with E-state index in [1.165, 1.54) is 39.9 Å². The number of nitrogens with zero attached hydrogens (tertiary/aromatic N) is 1. The molecule has 25 heavy (non-hydrogen) atoms. The molecule has 2 aromatic rings. The summed E-state index contributed by atoms with van der Waals surface area (Å²) in [4.78, 5) is 13.3. The molecule has 0 atom stereocenters. The normalized spacial score (nSPS) is 16.7. The molecular formula is C17H19FN2O3S2. The molecule has 0 spiro atoms. The molecule has 1 amide bonds. The highest BCUT2D eigenvalue weighted by Gasteiger charge is 2.32. The number of hydrogen-bond acceptors (Lipinski definition) is 4. The highest BCUT2D eigenvalue weighted by molar-refractivity contribution is 7.91. The van der Waals surface area contributed by atoms with Gasteiger partial charge in [-0.2, -0.15) is 4.31 Å². The Labute approximate surface area is 150 Å². The number of benzene rings is 1. The Balaban J connectivity index is 1.59. The zero-order valence-corrected chi connectivity index (χ0v) is 15.4. The molecule has 8 heteroatoms. The summed E-state index contributed by atoms with van der Waals surface area (Å²) in [7, 11) is -3.48. The molecule has 1 N–H and O–H groups in total. The largest absolute Gasteiger partial charge is 0.326 e. The van der Waals surface area contributed by atoms with E-state index >= 15 is 0 Å². The van der Waals surface area contributed by atoms with Crippen molar-refractivity contribution < 1.29 is 17.6 Å². The second-order valence-corrected chi connectivity index (χ2v) is 9.49. The Morgan fingerprint density at radius 3 is 2.36 bits per heavy atom. The Kier molecular flexibility index (Phi) is 5.21. The minimum absolute atomic E-state index is 0.157. The SMILES string of the molecule is Cc1ccc(S(=O)(=O)N2CCC(C(=O)Nc3ccc(F)cc3)CC2)s1. The first kappa shape index (κ1) is 18.0. The molecule has 1 aliphatic heterocycles. The summed E-state index contributed by atoms with van der Waals surface area (Å²) in [5.41, 5.74) is 0.538. The van der Waals surface area contributed by atoms with Crippen molar-refractivity contribution in [2.45, 2.75) is 24.0 Å². The van der Waals surface area contributed by atoms with Gasteiger partial charge in [0.1, 0.15) is 10.0 Å². The highest BCUT2D eigenvalue weighted by atomic mass is 32.2. The van der Waals surface area contributed by atoms with Crippen LogP contribution in [0.15, 0.2) is 40.6 Å². The van der Waals surface area contributed by atoms with E-state index in [2.05, 4.69) is 5.32 Å². The number of thiophene rings is 1. The van der Waals surface area contributed by atoms with E-state index in [0.717, 1.165) is 4.88 Å². The molecular weight excluding hydrogens is 363 g/mol. The fourth-order valence-corrected chi connectivity index (χ4v) is 5.72. The van der Waals surface area contributed by atoms with Crippen LogP contribution >= 0.6 is 11.3 Å². The number of carbonyl (C=O) groups excluding carboxylic acids is 1. The van der Waals surface area contributed by atoms with Gasteiger partial charge in [0.05, 0.1) is 0 Å². The average molecular weight is 382 g/mol. The van der Waals surface area contributed by atoms with Gasteiger partial charge < -0.3 is 5.32 Å². The van der Waals surface area contributed by atoms with Crippen LogP contribution in [0.4, 0.5) is 10.1 Å². The van der Waals surface area contributed by atoms with E-state index in [1.54, 1.807) is 12.1 Å². The van der Waals surface area contributed by atoms with E-state index in [9.17, 15) is 17.6 Å². The smallest absolute Gasteiger partial charge is 0.252 e. The number of amides is 1. The molecule has 0 radical (unpaired) electrons. The quantitative estimate of drug-likeness (QED) is 0.883. The van der Waals surface area contributed by atoms with Gasteiger partial charge >= 0.3 is 0 Å². The minimum atomic E-state index is -3.48. The van der Waals surface area contributed by atoms with Crippen molar-refractivity contribution >= 4 is 33.0 Å². The monoisotopic (exact) mass is 382 g/mol. The van der Waals surface area contributed by atoms with E-state index in [1.807, 2.05) is 6.92 Å². The van der Waals surface area contributed by atoms with Crippen LogP contribution < -0.4 is 5.32 Å². The molecule has 0 unspecified atom stereocenters. The standard InChI is InChI=1S/C17H19FN2O3S2/c1-12-2-7-16(24-12)25(22,23)20-10-8-13(9-11-20)17(21)19-15-5-3-14(18)4-6-15/h2-7,13H,8-11H2,1H3,(H,19,21). The van der Waals surface area contributed by atoms with Crippen LogP contribution in [0.25, 0.3) is 0 Å². The van der Waals surface area contributed by atoms with Crippen molar-refractivity contribution in [2.75, 3.05) is 18.4 Å². The fourth-order valence-electron chi connectivity index (χ4n) is 2.81. The summed E-state index contributed by atoms with van der Waals surface area (Å²) in [5, 5.41) is 2.76. The van der Waals surface area contributed by atoms with Gasteiger partial charge in [0.15, 0.2) is 0 Å². The van der Waals surface area contributed by atoms with Crippen LogP contribution in [0.3, 0.4) is 0 Å². The third-order valence-corrected chi connectivity index (χ3v) is 7.61. The minimum Gasteiger partial charge on any atom is -0.326 e. The second kappa shape index (κ2) is 7.23. The van der Waals surface area contributed by atoms with Crippen LogP contribution in [0, 0.1) is 18.7 Å². The summed E-state index contributed by atoms with van der Waals surface area (Å²) >= 11 is 1.26. The van der Waals surface area contributed by atoms with Crippen molar-refractivity contribution in [3.05, 3.63) is 47.1 Å². The van der Waals surface area contributed by atoms with Crippen molar-refractivity contribution in [1.29, 1.82) is 0 Å². The molecule has 2 heterocycles. The van der Waals surface area contributed by atoms with E-state index < -0.39 is 10.0 Å². The second-order valence-electron chi connectivity index (χ2n) is 6.04. The number of halogens is 1. The molecule has 134 valence electrons. The van der Waals surface area contributed by atoms with Crippen molar-refractivity contribution in [2.24, 2.45) is 5.92 Å². The number of hydrogen-bond donors (Lipinski definition) is 1. The molecule has 5 nitrogen and oxygen atoms in total. The Morgan fingerprint density at radius 1 is 1.16 bits per heavy atom. The van der Waals surface area contributed by atoms with Crippen LogP contribution in [0.2, 0.25) is 0 Å². The molecule has 0 aliphatic carbocycles. The lowest BCUT2D eigenvalue weighted by molar-refractivity contribution is -0.120. The van der Waals surface area contributed by atoms with E-state index in [0.29, 0.717) is 35.8 Å². The highest BCUT2D eigenvalue weighted by Crippen LogP contribution is 2.28. The number of carbonyl (C=O) groups is 1. The van der Waals surface area contributed by atoms with E-state index in [4.69, 9.17) is 0 Å². The number of nitrogens with one attached hydrogen (secondary N) is 1. The summed E-state index contributed by atoms with van der Waals surface area (Å²) in [5.74, 6) is -0.766. The van der Waals surface area contributed by atoms with Gasteiger partial charge in [-0.25, -0.2) is 12.8 Å². The molecule has 1 aromatic heterocycles. The maximum atomic E-state index is 12.9. The van der Waals surface area contributed by atoms with Crippen LogP contribution in [0.5, 0.6) is 0 Å². The van der Waals surface area contributed by atoms with Crippen molar-refractivity contribution in [3.8, 4) is 0 Å². The van der Waals surface area contributed by atoms with Gasteiger partial charge in [-0.1, -0.05) is 0 Å². The van der Waals surface area contributed by atoms with Crippen LogP contribution in [-0.2, 0) is 14.8 Å². The van der Waals surface area contributed by atoms with Gasteiger partial charge in [-0.15, -0.1) is 11.3 Å². The average Bonchev–Trinajstić information content (AvgIpc) is 3.04. The third-order valence-electron chi connectivity index (χ3n) is 4.25. The molecule has 0 bridgehead atoms. The predicted octanol–water partition coefficient (Wildman–Crippen LogP) is 3.24. The van der Waals surface area contributed by atoms with Gasteiger partial charge in [0.2, 0.25) is 5.91 Å². The number of sulfonamides is 1. The zero-order chi connectivity index (χ0) is 18.0. The maximum Gasteiger partial charge on any atom is 0.252 e. The number of piperidine rings is 1. The maximum absolute atomic E-state index is 12.9. The van der Waals surface area contributed by atoms with Crippen molar-refractivity contribution in [1.82, 2.24) is 4.31 Å². The fraction of sp³-hybridized carbons (Fsp3) is 0.353. The van der Waals surface area contributed by atoms with Crippen molar-refractivity contribution in [3.63, 3.8) is 0 Å². The van der Waals surface area contributed by atoms with Gasteiger partial charge in [-0.3, -0.25) is 4.79 Å². The lowest BCUT2D eigenvalue weighted by atomic mass is 9.97. The van der Waals surface area contributed by atoms with Crippen LogP contribution in [-0.4, -0.2) is 31.7 Å². The van der Waals surface area contributed by atoms with Gasteiger partial charge in [-0.05, 0) is 56.2 Å². The lowest BCUT2D eigenvalue weighted by Gasteiger charge is -2.30. The predicted molar refractivity (Wildman–Crippen MR) is 95.6 cm³/mol. The first-order valence-corrected chi connectivity index (χ1v) is 10.2. The Morgan fingerprint density at radius 2 is 1.80 bits per heavy atom. The summed E-state index contributed by atoms with van der Waals surface area (Å²) < 4.78 is 39.9. The topological polar surface area (TPSA) is 66.5 Å². The Bertz CT molecular complexity index is 854. The van der Waals surface area contributed by atoms with Crippen LogP contribution in [0.1, 0.15) is 17.7 Å². The summed E-state index contributed by atoms with van der Waals surface area (Å²) in [6.07, 6.45) is 0.938. The zero-order valence-electron chi connectivity index (χ0n) is 13.7. The van der Waals surface area contributed by atoms with Gasteiger partial charge in [0, 0.05) is 29.6 Å². The van der Waals surface area contributed by atoms with Gasteiger partial charge in [0.25, 0.3) is 10.0 Å². The lowest BCUT2D eigenvalue weighted by Crippen LogP contribution is -2.41. The third kappa shape index (κ3) is 4.08. The Hall–Kier alpha value is -1.77. The molecule has 1 aromatic carbocycles. The molecule has 0 saturated carbocycles. The number of rotatable bonds is 4. The first-order chi connectivity index (χ1) is 11.9. The molecule has 1 fully saturated rings. The summed E-state index contributed by atoms with van der Waals surface area (Å²) in [6, 6.07) is 9.00. The van der Waals surface area contributed by atoms with E-state index in [-0.39, 0.29) is 17.6 Å². The molecule has 1 saturated heterocycles.